The molecule has 0 aliphatic rings. The van der Waals surface area contributed by atoms with Crippen molar-refractivity contribution >= 4 is 11.6 Å². The predicted octanol–water partition coefficient (Wildman–Crippen LogP) is 2.43. The molecule has 0 radical (unpaired) electrons. The van der Waals surface area contributed by atoms with E-state index in [1.165, 1.54) is 6.07 Å². The fourth-order valence-corrected chi connectivity index (χ4v) is 2.56. The van der Waals surface area contributed by atoms with E-state index in [1.54, 1.807) is 18.2 Å². The standard InChI is InChI=1S/C19H24N4O3/c1-2-20-19(21-12-16-10-6-7-11-18(16)23(25)26)22-13-17(14-24)15-8-4-3-5-9-15/h3-11,17,24H,2,12-14H2,1H3,(H2,20,21,22). The second-order valence-electron chi connectivity index (χ2n) is 5.75. The summed E-state index contributed by atoms with van der Waals surface area (Å²) in [5.74, 6) is 0.492. The second kappa shape index (κ2) is 10.1. The number of guanidine groups is 1. The highest BCUT2D eigenvalue weighted by Gasteiger charge is 2.13. The van der Waals surface area contributed by atoms with E-state index in [0.29, 0.717) is 24.6 Å². The van der Waals surface area contributed by atoms with Crippen LogP contribution in [0.5, 0.6) is 0 Å². The average molecular weight is 356 g/mol. The SMILES string of the molecule is CCNC(=NCc1ccccc1[N+](=O)[O-])NCC(CO)c1ccccc1. The smallest absolute Gasteiger partial charge is 0.274 e. The maximum absolute atomic E-state index is 11.1. The third kappa shape index (κ3) is 5.56. The first-order valence-corrected chi connectivity index (χ1v) is 8.56. The van der Waals surface area contributed by atoms with Crippen LogP contribution in [0, 0.1) is 10.1 Å². The Balaban J connectivity index is 2.06. The van der Waals surface area contributed by atoms with Crippen LogP contribution in [0.3, 0.4) is 0 Å². The lowest BCUT2D eigenvalue weighted by Gasteiger charge is -2.18. The molecule has 3 N–H and O–H groups in total. The fourth-order valence-electron chi connectivity index (χ4n) is 2.56. The molecule has 26 heavy (non-hydrogen) atoms. The quantitative estimate of drug-likeness (QED) is 0.292. The van der Waals surface area contributed by atoms with Crippen LogP contribution >= 0.6 is 0 Å². The maximum atomic E-state index is 11.1. The number of nitrogens with one attached hydrogen (secondary N) is 2. The van der Waals surface area contributed by atoms with Gasteiger partial charge in [0.2, 0.25) is 0 Å². The van der Waals surface area contributed by atoms with Crippen LogP contribution in [-0.4, -0.2) is 35.7 Å². The van der Waals surface area contributed by atoms with Crippen LogP contribution in [0.1, 0.15) is 24.0 Å². The fraction of sp³-hybridized carbons (Fsp3) is 0.316. The van der Waals surface area contributed by atoms with Crippen LogP contribution in [0.2, 0.25) is 0 Å². The Morgan fingerprint density at radius 1 is 1.15 bits per heavy atom. The van der Waals surface area contributed by atoms with Crippen molar-refractivity contribution in [2.45, 2.75) is 19.4 Å². The van der Waals surface area contributed by atoms with Gasteiger partial charge in [0.05, 0.1) is 23.6 Å². The summed E-state index contributed by atoms with van der Waals surface area (Å²) in [6.07, 6.45) is 0. The molecule has 0 amide bonds. The van der Waals surface area contributed by atoms with Crippen molar-refractivity contribution < 1.29 is 10.0 Å². The summed E-state index contributed by atoms with van der Waals surface area (Å²) in [4.78, 5) is 15.1. The molecule has 138 valence electrons. The first-order chi connectivity index (χ1) is 12.7. The Bertz CT molecular complexity index is 735. The van der Waals surface area contributed by atoms with Gasteiger partial charge in [-0.2, -0.15) is 0 Å². The van der Waals surface area contributed by atoms with Gasteiger partial charge in [-0.05, 0) is 12.5 Å². The van der Waals surface area contributed by atoms with Crippen LogP contribution in [0.4, 0.5) is 5.69 Å². The number of aliphatic imine (C=N–C) groups is 1. The molecule has 0 fully saturated rings. The van der Waals surface area contributed by atoms with Gasteiger partial charge >= 0.3 is 0 Å². The van der Waals surface area contributed by atoms with Crippen molar-refractivity contribution in [3.05, 3.63) is 75.8 Å². The first-order valence-electron chi connectivity index (χ1n) is 8.56. The zero-order valence-corrected chi connectivity index (χ0v) is 14.8. The highest BCUT2D eigenvalue weighted by Crippen LogP contribution is 2.18. The number of hydrogen-bond donors (Lipinski definition) is 3. The van der Waals surface area contributed by atoms with Gasteiger partial charge in [0.25, 0.3) is 5.69 Å². The van der Waals surface area contributed by atoms with Crippen LogP contribution in [-0.2, 0) is 6.54 Å². The Morgan fingerprint density at radius 3 is 2.50 bits per heavy atom. The minimum atomic E-state index is -0.400. The topological polar surface area (TPSA) is 99.8 Å². The maximum Gasteiger partial charge on any atom is 0.274 e. The van der Waals surface area contributed by atoms with Gasteiger partial charge in [-0.25, -0.2) is 4.99 Å². The van der Waals surface area contributed by atoms with Crippen LogP contribution < -0.4 is 10.6 Å². The lowest BCUT2D eigenvalue weighted by Crippen LogP contribution is -2.39. The number of aliphatic hydroxyl groups is 1. The van der Waals surface area contributed by atoms with Crippen molar-refractivity contribution in [3.63, 3.8) is 0 Å². The molecule has 1 atom stereocenters. The third-order valence-electron chi connectivity index (χ3n) is 3.95. The molecule has 2 aromatic carbocycles. The molecule has 0 saturated carbocycles. The molecule has 1 unspecified atom stereocenters. The predicted molar refractivity (Wildman–Crippen MR) is 102 cm³/mol. The molecule has 2 rings (SSSR count). The molecular formula is C19H24N4O3. The lowest BCUT2D eigenvalue weighted by atomic mass is 10.0. The van der Waals surface area contributed by atoms with E-state index in [-0.39, 0.29) is 24.8 Å². The molecule has 0 aliphatic heterocycles. The number of para-hydroxylation sites is 1. The largest absolute Gasteiger partial charge is 0.396 e. The number of nitrogens with zero attached hydrogens (tertiary/aromatic N) is 2. The number of nitro groups is 1. The summed E-state index contributed by atoms with van der Waals surface area (Å²) < 4.78 is 0. The van der Waals surface area contributed by atoms with Crippen molar-refractivity contribution in [1.82, 2.24) is 10.6 Å². The minimum Gasteiger partial charge on any atom is -0.396 e. The van der Waals surface area contributed by atoms with Gasteiger partial charge in [-0.1, -0.05) is 48.5 Å². The average Bonchev–Trinajstić information content (AvgIpc) is 2.67. The monoisotopic (exact) mass is 356 g/mol. The van der Waals surface area contributed by atoms with E-state index in [4.69, 9.17) is 0 Å². The Hall–Kier alpha value is -2.93. The highest BCUT2D eigenvalue weighted by molar-refractivity contribution is 5.79. The number of hydrogen-bond acceptors (Lipinski definition) is 4. The number of aliphatic hydroxyl groups excluding tert-OH is 1. The zero-order valence-electron chi connectivity index (χ0n) is 14.8. The van der Waals surface area contributed by atoms with Gasteiger partial charge in [0, 0.05) is 25.1 Å². The van der Waals surface area contributed by atoms with E-state index in [0.717, 1.165) is 5.56 Å². The normalized spacial score (nSPS) is 12.5. The molecule has 0 heterocycles. The van der Waals surface area contributed by atoms with Gasteiger partial charge < -0.3 is 15.7 Å². The summed E-state index contributed by atoms with van der Waals surface area (Å²) in [7, 11) is 0. The molecule has 0 aromatic heterocycles. The molecule has 0 aliphatic carbocycles. The molecule has 0 bridgehead atoms. The second-order valence-corrected chi connectivity index (χ2v) is 5.75. The van der Waals surface area contributed by atoms with Gasteiger partial charge in [0.15, 0.2) is 5.96 Å². The molecule has 7 heteroatoms. The van der Waals surface area contributed by atoms with E-state index >= 15 is 0 Å². The lowest BCUT2D eigenvalue weighted by molar-refractivity contribution is -0.385. The van der Waals surface area contributed by atoms with Crippen LogP contribution in [0.25, 0.3) is 0 Å². The van der Waals surface area contributed by atoms with E-state index < -0.39 is 4.92 Å². The van der Waals surface area contributed by atoms with Crippen LogP contribution in [0.15, 0.2) is 59.6 Å². The summed E-state index contributed by atoms with van der Waals surface area (Å²) in [5.41, 5.74) is 1.65. The third-order valence-corrected chi connectivity index (χ3v) is 3.95. The summed E-state index contributed by atoms with van der Waals surface area (Å²) in [5, 5.41) is 27.1. The van der Waals surface area contributed by atoms with Gasteiger partial charge in [-0.15, -0.1) is 0 Å². The van der Waals surface area contributed by atoms with Crippen molar-refractivity contribution in [2.75, 3.05) is 19.7 Å². The first kappa shape index (κ1) is 19.4. The summed E-state index contributed by atoms with van der Waals surface area (Å²) >= 11 is 0. The zero-order chi connectivity index (χ0) is 18.8. The number of rotatable bonds is 8. The number of nitro benzene ring substituents is 1. The van der Waals surface area contributed by atoms with E-state index in [9.17, 15) is 15.2 Å². The van der Waals surface area contributed by atoms with Crippen molar-refractivity contribution in [2.24, 2.45) is 4.99 Å². The minimum absolute atomic E-state index is 0.0145. The Morgan fingerprint density at radius 2 is 1.85 bits per heavy atom. The summed E-state index contributed by atoms with van der Waals surface area (Å²) in [6, 6.07) is 16.3. The van der Waals surface area contributed by atoms with Gasteiger partial charge in [0.1, 0.15) is 0 Å². The van der Waals surface area contributed by atoms with E-state index in [2.05, 4.69) is 15.6 Å². The molecule has 7 nitrogen and oxygen atoms in total. The summed E-state index contributed by atoms with van der Waals surface area (Å²) in [6.45, 7) is 3.33. The van der Waals surface area contributed by atoms with Crippen molar-refractivity contribution in [1.29, 1.82) is 0 Å². The Kier molecular flexibility index (Phi) is 7.57. The molecule has 2 aromatic rings. The molecular weight excluding hydrogens is 332 g/mol. The highest BCUT2D eigenvalue weighted by atomic mass is 16.6. The molecule has 0 saturated heterocycles. The Labute approximate surface area is 152 Å². The van der Waals surface area contributed by atoms with Gasteiger partial charge in [-0.3, -0.25) is 10.1 Å². The molecule has 0 spiro atoms. The van der Waals surface area contributed by atoms with Crippen molar-refractivity contribution in [3.8, 4) is 0 Å². The van der Waals surface area contributed by atoms with E-state index in [1.807, 2.05) is 37.3 Å². The number of benzene rings is 2.